The maximum atomic E-state index is 10.9. The first-order chi connectivity index (χ1) is 7.22. The van der Waals surface area contributed by atoms with E-state index in [4.69, 9.17) is 0 Å². The molecule has 0 spiro atoms. The van der Waals surface area contributed by atoms with Gasteiger partial charge in [-0.05, 0) is 24.3 Å². The Morgan fingerprint density at radius 3 is 2.60 bits per heavy atom. The number of carbonyl (C=O) groups excluding carboxylic acids is 1. The Morgan fingerprint density at radius 1 is 1.33 bits per heavy atom. The molecule has 0 aliphatic rings. The first-order valence-corrected chi connectivity index (χ1v) is 5.33. The number of rotatable bonds is 5. The Balaban J connectivity index is 2.30. The Kier molecular flexibility index (Phi) is 4.88. The molecule has 0 bridgehead atoms. The SMILES string of the molecule is COC(=O)CC[C@@H](C)Cc1ccccc1. The van der Waals surface area contributed by atoms with Crippen molar-refractivity contribution >= 4 is 5.97 Å². The monoisotopic (exact) mass is 206 g/mol. The van der Waals surface area contributed by atoms with Crippen LogP contribution in [0.15, 0.2) is 30.3 Å². The molecule has 1 atom stereocenters. The summed E-state index contributed by atoms with van der Waals surface area (Å²) in [5, 5.41) is 0. The van der Waals surface area contributed by atoms with Crippen molar-refractivity contribution in [1.29, 1.82) is 0 Å². The van der Waals surface area contributed by atoms with Gasteiger partial charge >= 0.3 is 5.97 Å². The molecule has 0 fully saturated rings. The largest absolute Gasteiger partial charge is 0.469 e. The van der Waals surface area contributed by atoms with Crippen molar-refractivity contribution in [1.82, 2.24) is 0 Å². The molecular weight excluding hydrogens is 188 g/mol. The van der Waals surface area contributed by atoms with E-state index in [0.29, 0.717) is 12.3 Å². The third-order valence-corrected chi connectivity index (χ3v) is 2.50. The minimum atomic E-state index is -0.116. The first-order valence-electron chi connectivity index (χ1n) is 5.33. The summed E-state index contributed by atoms with van der Waals surface area (Å²) in [6.45, 7) is 2.16. The van der Waals surface area contributed by atoms with Gasteiger partial charge in [0.15, 0.2) is 0 Å². The molecule has 0 amide bonds. The van der Waals surface area contributed by atoms with E-state index in [2.05, 4.69) is 23.8 Å². The normalized spacial score (nSPS) is 12.1. The van der Waals surface area contributed by atoms with Crippen LogP contribution in [0, 0.1) is 5.92 Å². The van der Waals surface area contributed by atoms with Gasteiger partial charge in [0.1, 0.15) is 0 Å². The van der Waals surface area contributed by atoms with Crippen LogP contribution in [0.2, 0.25) is 0 Å². The molecule has 2 nitrogen and oxygen atoms in total. The fourth-order valence-corrected chi connectivity index (χ4v) is 1.58. The zero-order chi connectivity index (χ0) is 11.1. The Labute approximate surface area is 91.3 Å². The van der Waals surface area contributed by atoms with Crippen molar-refractivity contribution in [2.45, 2.75) is 26.2 Å². The lowest BCUT2D eigenvalue weighted by Crippen LogP contribution is -2.06. The van der Waals surface area contributed by atoms with E-state index in [1.165, 1.54) is 12.7 Å². The average molecular weight is 206 g/mol. The number of benzene rings is 1. The molecule has 82 valence electrons. The van der Waals surface area contributed by atoms with Gasteiger partial charge in [0.2, 0.25) is 0 Å². The second-order valence-electron chi connectivity index (χ2n) is 3.91. The lowest BCUT2D eigenvalue weighted by atomic mass is 9.97. The second kappa shape index (κ2) is 6.23. The molecule has 0 saturated carbocycles. The molecular formula is C13H18O2. The topological polar surface area (TPSA) is 26.3 Å². The van der Waals surface area contributed by atoms with E-state index in [1.54, 1.807) is 0 Å². The van der Waals surface area contributed by atoms with Crippen molar-refractivity contribution in [2.75, 3.05) is 7.11 Å². The smallest absolute Gasteiger partial charge is 0.305 e. The molecule has 1 aromatic carbocycles. The predicted octanol–water partition coefficient (Wildman–Crippen LogP) is 2.82. The molecule has 0 N–H and O–H groups in total. The van der Waals surface area contributed by atoms with Crippen LogP contribution in [0.4, 0.5) is 0 Å². The van der Waals surface area contributed by atoms with Gasteiger partial charge < -0.3 is 4.74 Å². The second-order valence-corrected chi connectivity index (χ2v) is 3.91. The molecule has 0 heterocycles. The number of carbonyl (C=O) groups is 1. The van der Waals surface area contributed by atoms with Gasteiger partial charge in [0.25, 0.3) is 0 Å². The summed E-state index contributed by atoms with van der Waals surface area (Å²) in [4.78, 5) is 10.9. The van der Waals surface area contributed by atoms with E-state index in [9.17, 15) is 4.79 Å². The zero-order valence-corrected chi connectivity index (χ0v) is 9.40. The van der Waals surface area contributed by atoms with Crippen LogP contribution < -0.4 is 0 Å². The van der Waals surface area contributed by atoms with Gasteiger partial charge in [0.05, 0.1) is 7.11 Å². The number of ether oxygens (including phenoxy) is 1. The molecule has 0 aliphatic heterocycles. The summed E-state index contributed by atoms with van der Waals surface area (Å²) in [5.74, 6) is 0.404. The van der Waals surface area contributed by atoms with Gasteiger partial charge in [-0.25, -0.2) is 0 Å². The maximum absolute atomic E-state index is 10.9. The van der Waals surface area contributed by atoms with Crippen molar-refractivity contribution in [3.05, 3.63) is 35.9 Å². The number of methoxy groups -OCH3 is 1. The van der Waals surface area contributed by atoms with Gasteiger partial charge in [0, 0.05) is 6.42 Å². The fourth-order valence-electron chi connectivity index (χ4n) is 1.58. The van der Waals surface area contributed by atoms with E-state index in [0.717, 1.165) is 12.8 Å². The van der Waals surface area contributed by atoms with E-state index >= 15 is 0 Å². The van der Waals surface area contributed by atoms with Gasteiger partial charge in [-0.2, -0.15) is 0 Å². The van der Waals surface area contributed by atoms with Crippen molar-refractivity contribution in [2.24, 2.45) is 5.92 Å². The summed E-state index contributed by atoms with van der Waals surface area (Å²) in [7, 11) is 1.43. The van der Waals surface area contributed by atoms with Crippen LogP contribution in [0.25, 0.3) is 0 Å². The zero-order valence-electron chi connectivity index (χ0n) is 9.40. The lowest BCUT2D eigenvalue weighted by Gasteiger charge is -2.10. The lowest BCUT2D eigenvalue weighted by molar-refractivity contribution is -0.140. The van der Waals surface area contributed by atoms with Gasteiger partial charge in [-0.3, -0.25) is 4.79 Å². The summed E-state index contributed by atoms with van der Waals surface area (Å²) in [6.07, 6.45) is 2.43. The van der Waals surface area contributed by atoms with Crippen LogP contribution in [-0.2, 0) is 16.0 Å². The molecule has 0 unspecified atom stereocenters. The third-order valence-electron chi connectivity index (χ3n) is 2.50. The van der Waals surface area contributed by atoms with Crippen LogP contribution in [0.5, 0.6) is 0 Å². The summed E-state index contributed by atoms with van der Waals surface area (Å²) in [5.41, 5.74) is 1.33. The summed E-state index contributed by atoms with van der Waals surface area (Å²) >= 11 is 0. The number of hydrogen-bond donors (Lipinski definition) is 0. The molecule has 1 rings (SSSR count). The van der Waals surface area contributed by atoms with Gasteiger partial charge in [-0.15, -0.1) is 0 Å². The minimum Gasteiger partial charge on any atom is -0.469 e. The van der Waals surface area contributed by atoms with E-state index < -0.39 is 0 Å². The summed E-state index contributed by atoms with van der Waals surface area (Å²) in [6, 6.07) is 10.3. The highest BCUT2D eigenvalue weighted by Gasteiger charge is 2.07. The van der Waals surface area contributed by atoms with Gasteiger partial charge in [-0.1, -0.05) is 37.3 Å². The van der Waals surface area contributed by atoms with Crippen LogP contribution in [0.3, 0.4) is 0 Å². The van der Waals surface area contributed by atoms with E-state index in [1.807, 2.05) is 18.2 Å². The third kappa shape index (κ3) is 4.63. The van der Waals surface area contributed by atoms with Crippen molar-refractivity contribution in [3.8, 4) is 0 Å². The Bertz CT molecular complexity index is 293. The Hall–Kier alpha value is -1.31. The summed E-state index contributed by atoms with van der Waals surface area (Å²) < 4.78 is 4.61. The van der Waals surface area contributed by atoms with E-state index in [-0.39, 0.29) is 5.97 Å². The molecule has 0 aromatic heterocycles. The van der Waals surface area contributed by atoms with Crippen LogP contribution in [0.1, 0.15) is 25.3 Å². The number of esters is 1. The minimum absolute atomic E-state index is 0.116. The maximum Gasteiger partial charge on any atom is 0.305 e. The molecule has 0 radical (unpaired) electrons. The predicted molar refractivity (Wildman–Crippen MR) is 60.6 cm³/mol. The van der Waals surface area contributed by atoms with Crippen LogP contribution in [-0.4, -0.2) is 13.1 Å². The molecule has 0 saturated heterocycles. The molecule has 15 heavy (non-hydrogen) atoms. The quantitative estimate of drug-likeness (QED) is 0.692. The Morgan fingerprint density at radius 2 is 2.00 bits per heavy atom. The first kappa shape index (κ1) is 11.8. The highest BCUT2D eigenvalue weighted by Crippen LogP contribution is 2.13. The standard InChI is InChI=1S/C13H18O2/c1-11(8-9-13(14)15-2)10-12-6-4-3-5-7-12/h3-7,11H,8-10H2,1-2H3/t11-/m1/s1. The molecule has 0 aliphatic carbocycles. The van der Waals surface area contributed by atoms with Crippen molar-refractivity contribution in [3.63, 3.8) is 0 Å². The molecule has 1 aromatic rings. The number of hydrogen-bond acceptors (Lipinski definition) is 2. The molecule has 2 heteroatoms. The highest BCUT2D eigenvalue weighted by molar-refractivity contribution is 5.69. The average Bonchev–Trinajstić information content (AvgIpc) is 2.27. The fraction of sp³-hybridized carbons (Fsp3) is 0.462. The highest BCUT2D eigenvalue weighted by atomic mass is 16.5. The van der Waals surface area contributed by atoms with Crippen LogP contribution >= 0.6 is 0 Å². The van der Waals surface area contributed by atoms with Crippen molar-refractivity contribution < 1.29 is 9.53 Å².